The molecule has 0 saturated carbocycles. The summed E-state index contributed by atoms with van der Waals surface area (Å²) in [5.74, 6) is 0.0862. The molecule has 5 nitrogen and oxygen atoms in total. The number of fused-ring (bicyclic) bond motifs is 2. The Morgan fingerprint density at radius 2 is 1.97 bits per heavy atom. The van der Waals surface area contributed by atoms with Gasteiger partial charge in [0.15, 0.2) is 5.58 Å². The van der Waals surface area contributed by atoms with Crippen molar-refractivity contribution < 1.29 is 13.9 Å². The number of oxazole rings is 1. The van der Waals surface area contributed by atoms with Crippen molar-refractivity contribution in [2.24, 2.45) is 0 Å². The minimum Gasteiger partial charge on any atom is -0.457 e. The van der Waals surface area contributed by atoms with Crippen molar-refractivity contribution in [3.8, 4) is 11.5 Å². The maximum atomic E-state index is 12.7. The Morgan fingerprint density at radius 3 is 2.76 bits per heavy atom. The minimum absolute atomic E-state index is 0.0415. The predicted octanol–water partition coefficient (Wildman–Crippen LogP) is 5.59. The summed E-state index contributed by atoms with van der Waals surface area (Å²) in [5.41, 5.74) is 2.33. The molecule has 150 valence electrons. The van der Waals surface area contributed by atoms with E-state index in [1.807, 2.05) is 0 Å². The van der Waals surface area contributed by atoms with Crippen LogP contribution in [-0.2, 0) is 4.74 Å². The van der Waals surface area contributed by atoms with Gasteiger partial charge in [0, 0.05) is 34.6 Å². The third-order valence-electron chi connectivity index (χ3n) is 5.73. The Labute approximate surface area is 178 Å². The van der Waals surface area contributed by atoms with Crippen molar-refractivity contribution in [3.63, 3.8) is 0 Å². The van der Waals surface area contributed by atoms with Crippen LogP contribution in [0, 0.1) is 0 Å². The molecule has 7 heteroatoms. The summed E-state index contributed by atoms with van der Waals surface area (Å²) in [6, 6.07) is 10.9. The molecular formula is C22H20Cl2N2O3. The molecular weight excluding hydrogens is 411 g/mol. The number of nitrogens with zero attached hydrogens (tertiary/aromatic N) is 2. The van der Waals surface area contributed by atoms with E-state index in [1.165, 1.54) is 19.3 Å². The van der Waals surface area contributed by atoms with Crippen molar-refractivity contribution in [2.75, 3.05) is 13.1 Å². The first-order valence-electron chi connectivity index (χ1n) is 9.87. The van der Waals surface area contributed by atoms with Gasteiger partial charge in [0.05, 0.1) is 5.56 Å². The Morgan fingerprint density at radius 1 is 1.14 bits per heavy atom. The van der Waals surface area contributed by atoms with E-state index < -0.39 is 0 Å². The largest absolute Gasteiger partial charge is 0.457 e. The first-order chi connectivity index (χ1) is 14.0. The second kappa shape index (κ2) is 7.63. The zero-order valence-electron chi connectivity index (χ0n) is 15.7. The maximum Gasteiger partial charge on any atom is 0.338 e. The molecule has 2 aromatic carbocycles. The van der Waals surface area contributed by atoms with Crippen molar-refractivity contribution in [1.82, 2.24) is 9.88 Å². The van der Waals surface area contributed by atoms with Crippen LogP contribution in [0.5, 0.6) is 0 Å². The average molecular weight is 431 g/mol. The van der Waals surface area contributed by atoms with Crippen molar-refractivity contribution >= 4 is 40.3 Å². The third-order valence-corrected chi connectivity index (χ3v) is 6.17. The second-order valence-electron chi connectivity index (χ2n) is 7.77. The summed E-state index contributed by atoms with van der Waals surface area (Å²) in [5, 5.41) is 1.01. The van der Waals surface area contributed by atoms with Crippen molar-refractivity contribution in [2.45, 2.75) is 37.8 Å². The van der Waals surface area contributed by atoms with Gasteiger partial charge in [-0.3, -0.25) is 4.90 Å². The molecule has 2 aliphatic rings. The highest BCUT2D eigenvalue weighted by molar-refractivity contribution is 6.35. The number of carbonyl (C=O) groups is 1. The lowest BCUT2D eigenvalue weighted by molar-refractivity contribution is 0.0322. The van der Waals surface area contributed by atoms with E-state index in [0.717, 1.165) is 19.5 Å². The van der Waals surface area contributed by atoms with E-state index in [1.54, 1.807) is 36.4 Å². The molecule has 3 heterocycles. The smallest absolute Gasteiger partial charge is 0.338 e. The third kappa shape index (κ3) is 3.87. The molecule has 2 fully saturated rings. The highest BCUT2D eigenvalue weighted by Crippen LogP contribution is 2.31. The van der Waals surface area contributed by atoms with Gasteiger partial charge in [0.2, 0.25) is 5.89 Å². The van der Waals surface area contributed by atoms with E-state index in [2.05, 4.69) is 9.88 Å². The normalized spacial score (nSPS) is 22.0. The fraction of sp³-hybridized carbons (Fsp3) is 0.364. The number of benzene rings is 2. The molecule has 0 aliphatic carbocycles. The summed E-state index contributed by atoms with van der Waals surface area (Å²) in [6.45, 7) is 1.94. The number of carbonyl (C=O) groups excluding carboxylic acids is 1. The number of halogens is 2. The highest BCUT2D eigenvalue weighted by Gasteiger charge is 2.35. The van der Waals surface area contributed by atoms with Crippen LogP contribution < -0.4 is 0 Å². The molecule has 2 unspecified atom stereocenters. The summed E-state index contributed by atoms with van der Waals surface area (Å²) >= 11 is 12.1. The molecule has 0 amide bonds. The van der Waals surface area contributed by atoms with Gasteiger partial charge in [0.1, 0.15) is 11.6 Å². The van der Waals surface area contributed by atoms with Crippen LogP contribution in [0.2, 0.25) is 10.0 Å². The van der Waals surface area contributed by atoms with Gasteiger partial charge in [-0.15, -0.1) is 0 Å². The standard InChI is InChI=1S/C22H20Cl2N2O3/c23-15-7-14(8-16(24)10-15)21-25-19-5-4-13(9-20(19)29-21)22(27)28-18-11-17-3-1-2-6-26(17)12-18/h4-5,7-10,17-18H,1-3,6,11-12H2. The van der Waals surface area contributed by atoms with Gasteiger partial charge >= 0.3 is 5.97 Å². The Balaban J connectivity index is 1.35. The van der Waals surface area contributed by atoms with E-state index in [-0.39, 0.29) is 12.1 Å². The molecule has 0 bridgehead atoms. The van der Waals surface area contributed by atoms with Gasteiger partial charge < -0.3 is 9.15 Å². The lowest BCUT2D eigenvalue weighted by Crippen LogP contribution is -2.34. The Bertz CT molecular complexity index is 1050. The molecule has 29 heavy (non-hydrogen) atoms. The monoisotopic (exact) mass is 430 g/mol. The first kappa shape index (κ1) is 18.9. The lowest BCUT2D eigenvalue weighted by atomic mass is 10.0. The molecule has 2 aliphatic heterocycles. The number of hydrogen-bond acceptors (Lipinski definition) is 5. The number of ether oxygens (including phenoxy) is 1. The molecule has 2 saturated heterocycles. The van der Waals surface area contributed by atoms with Gasteiger partial charge in [-0.05, 0) is 55.8 Å². The highest BCUT2D eigenvalue weighted by atomic mass is 35.5. The molecule has 5 rings (SSSR count). The van der Waals surface area contributed by atoms with Gasteiger partial charge in [-0.2, -0.15) is 0 Å². The summed E-state index contributed by atoms with van der Waals surface area (Å²) in [7, 11) is 0. The van der Waals surface area contributed by atoms with Crippen molar-refractivity contribution in [3.05, 3.63) is 52.0 Å². The Kier molecular flexibility index (Phi) is 4.98. The summed E-state index contributed by atoms with van der Waals surface area (Å²) in [6.07, 6.45) is 4.59. The maximum absolute atomic E-state index is 12.7. The zero-order chi connectivity index (χ0) is 20.0. The zero-order valence-corrected chi connectivity index (χ0v) is 17.2. The fourth-order valence-corrected chi connectivity index (χ4v) is 4.89. The van der Waals surface area contributed by atoms with Crippen LogP contribution in [0.15, 0.2) is 40.8 Å². The molecule has 2 atom stereocenters. The second-order valence-corrected chi connectivity index (χ2v) is 8.64. The molecule has 0 N–H and O–H groups in total. The van der Waals surface area contributed by atoms with E-state index >= 15 is 0 Å². The van der Waals surface area contributed by atoms with Crippen LogP contribution >= 0.6 is 23.2 Å². The molecule has 0 spiro atoms. The molecule has 0 radical (unpaired) electrons. The van der Waals surface area contributed by atoms with Crippen LogP contribution in [0.25, 0.3) is 22.6 Å². The number of hydrogen-bond donors (Lipinski definition) is 0. The first-order valence-corrected chi connectivity index (χ1v) is 10.6. The van der Waals surface area contributed by atoms with E-state index in [0.29, 0.717) is 44.2 Å². The van der Waals surface area contributed by atoms with Crippen molar-refractivity contribution in [1.29, 1.82) is 0 Å². The van der Waals surface area contributed by atoms with Crippen LogP contribution in [0.1, 0.15) is 36.0 Å². The predicted molar refractivity (Wildman–Crippen MR) is 112 cm³/mol. The van der Waals surface area contributed by atoms with Crippen LogP contribution in [0.3, 0.4) is 0 Å². The summed E-state index contributed by atoms with van der Waals surface area (Å²) < 4.78 is 11.6. The topological polar surface area (TPSA) is 55.6 Å². The van der Waals surface area contributed by atoms with Gasteiger partial charge in [0.25, 0.3) is 0 Å². The number of rotatable bonds is 3. The molecule has 1 aromatic heterocycles. The quantitative estimate of drug-likeness (QED) is 0.507. The average Bonchev–Trinajstić information content (AvgIpc) is 3.29. The van der Waals surface area contributed by atoms with Gasteiger partial charge in [-0.1, -0.05) is 29.6 Å². The lowest BCUT2D eigenvalue weighted by Gasteiger charge is -2.28. The van der Waals surface area contributed by atoms with Gasteiger partial charge in [-0.25, -0.2) is 9.78 Å². The fourth-order valence-electron chi connectivity index (χ4n) is 4.36. The number of esters is 1. The van der Waals surface area contributed by atoms with Crippen LogP contribution in [0.4, 0.5) is 0 Å². The molecule has 3 aromatic rings. The SMILES string of the molecule is O=C(OC1CC2CCCCN2C1)c1ccc2nc(-c3cc(Cl)cc(Cl)c3)oc2c1. The van der Waals surface area contributed by atoms with E-state index in [4.69, 9.17) is 32.4 Å². The summed E-state index contributed by atoms with van der Waals surface area (Å²) in [4.78, 5) is 19.6. The number of piperidine rings is 1. The number of aromatic nitrogens is 1. The van der Waals surface area contributed by atoms with Crippen LogP contribution in [-0.4, -0.2) is 41.1 Å². The van der Waals surface area contributed by atoms with E-state index in [9.17, 15) is 4.79 Å². The Hall–Kier alpha value is -2.08. The minimum atomic E-state index is -0.319.